The second-order valence-corrected chi connectivity index (χ2v) is 5.18. The van der Waals surface area contributed by atoms with Crippen molar-refractivity contribution in [1.82, 2.24) is 10.2 Å². The lowest BCUT2D eigenvalue weighted by atomic mass is 10.0. The van der Waals surface area contributed by atoms with Gasteiger partial charge in [-0.05, 0) is 18.9 Å². The van der Waals surface area contributed by atoms with Gasteiger partial charge in [-0.15, -0.1) is 0 Å². The molecule has 0 radical (unpaired) electrons. The SMILES string of the molecule is CCOC(=O)N1CC[C@H](NCc2ccccc2)[C@H](OC)C1. The molecule has 0 aliphatic carbocycles. The molecule has 1 fully saturated rings. The topological polar surface area (TPSA) is 50.8 Å². The first-order valence-corrected chi connectivity index (χ1v) is 7.46. The summed E-state index contributed by atoms with van der Waals surface area (Å²) in [4.78, 5) is 13.5. The summed E-state index contributed by atoms with van der Waals surface area (Å²) in [6, 6.07) is 10.5. The van der Waals surface area contributed by atoms with Crippen molar-refractivity contribution >= 4 is 6.09 Å². The van der Waals surface area contributed by atoms with Crippen LogP contribution in [0.3, 0.4) is 0 Å². The van der Waals surface area contributed by atoms with E-state index in [1.54, 1.807) is 12.0 Å². The van der Waals surface area contributed by atoms with Gasteiger partial charge in [-0.25, -0.2) is 4.79 Å². The largest absolute Gasteiger partial charge is 0.450 e. The fraction of sp³-hybridized carbons (Fsp3) is 0.562. The highest BCUT2D eigenvalue weighted by Crippen LogP contribution is 2.15. The average molecular weight is 292 g/mol. The number of ether oxygens (including phenoxy) is 2. The quantitative estimate of drug-likeness (QED) is 0.902. The summed E-state index contributed by atoms with van der Waals surface area (Å²) in [5.74, 6) is 0. The molecule has 21 heavy (non-hydrogen) atoms. The van der Waals surface area contributed by atoms with Crippen molar-refractivity contribution in [2.75, 3.05) is 26.8 Å². The number of carbonyl (C=O) groups excluding carboxylic acids is 1. The van der Waals surface area contributed by atoms with Crippen LogP contribution >= 0.6 is 0 Å². The number of hydrogen-bond acceptors (Lipinski definition) is 4. The third kappa shape index (κ3) is 4.44. The number of hydrogen-bond donors (Lipinski definition) is 1. The number of methoxy groups -OCH3 is 1. The van der Waals surface area contributed by atoms with Crippen LogP contribution in [0.5, 0.6) is 0 Å². The van der Waals surface area contributed by atoms with E-state index in [1.807, 2.05) is 25.1 Å². The summed E-state index contributed by atoms with van der Waals surface area (Å²) >= 11 is 0. The van der Waals surface area contributed by atoms with E-state index in [2.05, 4.69) is 17.4 Å². The number of piperidine rings is 1. The highest BCUT2D eigenvalue weighted by Gasteiger charge is 2.31. The van der Waals surface area contributed by atoms with Crippen LogP contribution in [0.15, 0.2) is 30.3 Å². The van der Waals surface area contributed by atoms with Crippen molar-refractivity contribution in [3.63, 3.8) is 0 Å². The molecule has 0 spiro atoms. The van der Waals surface area contributed by atoms with Crippen LogP contribution in [0.25, 0.3) is 0 Å². The first-order chi connectivity index (χ1) is 10.2. The minimum absolute atomic E-state index is 0.00753. The molecule has 1 N–H and O–H groups in total. The number of rotatable bonds is 5. The molecule has 5 heteroatoms. The molecular formula is C16H24N2O3. The van der Waals surface area contributed by atoms with Gasteiger partial charge in [0.15, 0.2) is 0 Å². The second kappa shape index (κ2) is 8.00. The molecule has 5 nitrogen and oxygen atoms in total. The van der Waals surface area contributed by atoms with E-state index in [0.717, 1.165) is 13.0 Å². The Balaban J connectivity index is 1.86. The van der Waals surface area contributed by atoms with Crippen molar-refractivity contribution < 1.29 is 14.3 Å². The van der Waals surface area contributed by atoms with Crippen LogP contribution in [-0.2, 0) is 16.0 Å². The maximum Gasteiger partial charge on any atom is 0.409 e. The number of benzene rings is 1. The molecule has 0 saturated carbocycles. The Bertz CT molecular complexity index is 438. The van der Waals surface area contributed by atoms with Gasteiger partial charge in [0.25, 0.3) is 0 Å². The summed E-state index contributed by atoms with van der Waals surface area (Å²) in [5.41, 5.74) is 1.25. The van der Waals surface area contributed by atoms with Crippen LogP contribution in [0.2, 0.25) is 0 Å². The molecule has 1 aromatic carbocycles. The summed E-state index contributed by atoms with van der Waals surface area (Å²) < 4.78 is 10.6. The molecule has 2 rings (SSSR count). The first-order valence-electron chi connectivity index (χ1n) is 7.46. The number of nitrogens with one attached hydrogen (secondary N) is 1. The molecule has 1 aromatic rings. The summed E-state index contributed by atoms with van der Waals surface area (Å²) in [5, 5.41) is 3.53. The Morgan fingerprint density at radius 2 is 2.14 bits per heavy atom. The normalized spacial score (nSPS) is 22.1. The molecule has 1 aliphatic rings. The van der Waals surface area contributed by atoms with Crippen molar-refractivity contribution in [1.29, 1.82) is 0 Å². The van der Waals surface area contributed by atoms with Crippen molar-refractivity contribution in [2.45, 2.75) is 32.0 Å². The first kappa shape index (κ1) is 15.8. The zero-order chi connectivity index (χ0) is 15.1. The van der Waals surface area contributed by atoms with Gasteiger partial charge in [-0.2, -0.15) is 0 Å². The standard InChI is InChI=1S/C16H24N2O3/c1-3-21-16(19)18-10-9-14(15(12-18)20-2)17-11-13-7-5-4-6-8-13/h4-8,14-15,17H,3,9-12H2,1-2H3/t14-,15+/m0/s1. The highest BCUT2D eigenvalue weighted by atomic mass is 16.6. The maximum absolute atomic E-state index is 11.8. The fourth-order valence-corrected chi connectivity index (χ4v) is 2.61. The Kier molecular flexibility index (Phi) is 6.02. The third-order valence-corrected chi connectivity index (χ3v) is 3.80. The molecule has 1 aliphatic heterocycles. The van der Waals surface area contributed by atoms with E-state index in [9.17, 15) is 4.79 Å². The number of likely N-dealkylation sites (tertiary alicyclic amines) is 1. The van der Waals surface area contributed by atoms with Crippen LogP contribution in [0.1, 0.15) is 18.9 Å². The van der Waals surface area contributed by atoms with Crippen LogP contribution in [0, 0.1) is 0 Å². The van der Waals surface area contributed by atoms with Crippen LogP contribution in [0.4, 0.5) is 4.79 Å². The highest BCUT2D eigenvalue weighted by molar-refractivity contribution is 5.67. The van der Waals surface area contributed by atoms with Crippen molar-refractivity contribution in [3.05, 3.63) is 35.9 Å². The van der Waals surface area contributed by atoms with Gasteiger partial charge in [0.2, 0.25) is 0 Å². The Morgan fingerprint density at radius 1 is 1.38 bits per heavy atom. The summed E-state index contributed by atoms with van der Waals surface area (Å²) in [7, 11) is 1.69. The van der Waals surface area contributed by atoms with E-state index in [4.69, 9.17) is 9.47 Å². The fourth-order valence-electron chi connectivity index (χ4n) is 2.61. The lowest BCUT2D eigenvalue weighted by molar-refractivity contribution is 0.00342. The van der Waals surface area contributed by atoms with Gasteiger partial charge in [-0.1, -0.05) is 30.3 Å². The van der Waals surface area contributed by atoms with E-state index in [1.165, 1.54) is 5.56 Å². The molecule has 1 amide bonds. The van der Waals surface area contributed by atoms with E-state index < -0.39 is 0 Å². The molecule has 116 valence electrons. The lowest BCUT2D eigenvalue weighted by Gasteiger charge is -2.37. The van der Waals surface area contributed by atoms with Gasteiger partial charge >= 0.3 is 6.09 Å². The van der Waals surface area contributed by atoms with Gasteiger partial charge in [0.05, 0.1) is 19.3 Å². The second-order valence-electron chi connectivity index (χ2n) is 5.18. The molecule has 1 heterocycles. The van der Waals surface area contributed by atoms with E-state index in [0.29, 0.717) is 19.7 Å². The molecule has 1 saturated heterocycles. The third-order valence-electron chi connectivity index (χ3n) is 3.80. The van der Waals surface area contributed by atoms with Crippen LogP contribution in [-0.4, -0.2) is 49.9 Å². The van der Waals surface area contributed by atoms with Gasteiger partial charge in [0.1, 0.15) is 0 Å². The Hall–Kier alpha value is -1.59. The van der Waals surface area contributed by atoms with E-state index in [-0.39, 0.29) is 18.2 Å². The minimum Gasteiger partial charge on any atom is -0.450 e. The number of amides is 1. The molecule has 0 unspecified atom stereocenters. The lowest BCUT2D eigenvalue weighted by Crippen LogP contribution is -2.54. The molecule has 0 bridgehead atoms. The molecular weight excluding hydrogens is 268 g/mol. The van der Waals surface area contributed by atoms with Gasteiger partial charge < -0.3 is 19.7 Å². The van der Waals surface area contributed by atoms with Gasteiger partial charge in [0, 0.05) is 26.2 Å². The predicted octanol–water partition coefficient (Wildman–Crippen LogP) is 2.02. The van der Waals surface area contributed by atoms with Crippen LogP contribution < -0.4 is 5.32 Å². The molecule has 2 atom stereocenters. The van der Waals surface area contributed by atoms with Crippen molar-refractivity contribution in [3.8, 4) is 0 Å². The summed E-state index contributed by atoms with van der Waals surface area (Å²) in [6.07, 6.45) is 0.609. The Morgan fingerprint density at radius 3 is 2.81 bits per heavy atom. The monoisotopic (exact) mass is 292 g/mol. The maximum atomic E-state index is 11.8. The number of nitrogens with zero attached hydrogens (tertiary/aromatic N) is 1. The van der Waals surface area contributed by atoms with Gasteiger partial charge in [-0.3, -0.25) is 0 Å². The predicted molar refractivity (Wildman–Crippen MR) is 81.1 cm³/mol. The van der Waals surface area contributed by atoms with Crippen molar-refractivity contribution in [2.24, 2.45) is 0 Å². The average Bonchev–Trinajstić information content (AvgIpc) is 2.54. The minimum atomic E-state index is -0.249. The molecule has 0 aromatic heterocycles. The van der Waals surface area contributed by atoms with E-state index >= 15 is 0 Å². The summed E-state index contributed by atoms with van der Waals surface area (Å²) in [6.45, 7) is 4.31. The zero-order valence-corrected chi connectivity index (χ0v) is 12.7. The number of carbonyl (C=O) groups is 1. The smallest absolute Gasteiger partial charge is 0.409 e. The zero-order valence-electron chi connectivity index (χ0n) is 12.7. The Labute approximate surface area is 126 Å².